The zero-order valence-electron chi connectivity index (χ0n) is 12.9. The van der Waals surface area contributed by atoms with E-state index in [9.17, 15) is 9.90 Å². The van der Waals surface area contributed by atoms with E-state index in [0.29, 0.717) is 13.0 Å². The molecule has 1 fully saturated rings. The fourth-order valence-corrected chi connectivity index (χ4v) is 3.00. The number of carbonyl (C=O) groups is 1. The third-order valence-electron chi connectivity index (χ3n) is 4.19. The highest BCUT2D eigenvalue weighted by Crippen LogP contribution is 2.30. The van der Waals surface area contributed by atoms with Gasteiger partial charge in [0.2, 0.25) is 0 Å². The van der Waals surface area contributed by atoms with Crippen LogP contribution in [0.2, 0.25) is 0 Å². The molecule has 122 valence electrons. The predicted molar refractivity (Wildman–Crippen MR) is 94.4 cm³/mol. The van der Waals surface area contributed by atoms with Gasteiger partial charge in [-0.3, -0.25) is 9.69 Å². The van der Waals surface area contributed by atoms with Crippen LogP contribution in [0.4, 0.5) is 0 Å². The summed E-state index contributed by atoms with van der Waals surface area (Å²) in [5.74, 6) is -0.0332. The van der Waals surface area contributed by atoms with E-state index in [2.05, 4.69) is 12.6 Å². The van der Waals surface area contributed by atoms with Crippen molar-refractivity contribution in [2.45, 2.75) is 18.6 Å². The molecule has 2 aromatic carbocycles. The van der Waals surface area contributed by atoms with Crippen molar-refractivity contribution in [2.75, 3.05) is 13.6 Å². The molecule has 23 heavy (non-hydrogen) atoms. The molecular weight excluding hydrogens is 314 g/mol. The van der Waals surface area contributed by atoms with Gasteiger partial charge in [0.05, 0.1) is 0 Å². The first-order valence-electron chi connectivity index (χ1n) is 7.33. The van der Waals surface area contributed by atoms with Crippen molar-refractivity contribution in [3.63, 3.8) is 0 Å². The summed E-state index contributed by atoms with van der Waals surface area (Å²) in [7, 11) is 1.82. The molecule has 0 radical (unpaired) electrons. The SMILES string of the molecule is C=Cc1cc2ccccc2cc1O[C@@H]1C[C@@H](C(=O)O)N(C)C1.Cl. The van der Waals surface area contributed by atoms with Crippen molar-refractivity contribution in [1.29, 1.82) is 0 Å². The van der Waals surface area contributed by atoms with Crippen LogP contribution in [0.15, 0.2) is 43.0 Å². The van der Waals surface area contributed by atoms with Gasteiger partial charge in [0, 0.05) is 18.5 Å². The predicted octanol–water partition coefficient (Wildman–Crippen LogP) is 3.44. The van der Waals surface area contributed by atoms with Crippen molar-refractivity contribution in [2.24, 2.45) is 0 Å². The molecule has 3 rings (SSSR count). The smallest absolute Gasteiger partial charge is 0.321 e. The van der Waals surface area contributed by atoms with Crippen molar-refractivity contribution in [1.82, 2.24) is 4.90 Å². The van der Waals surface area contributed by atoms with Crippen molar-refractivity contribution in [3.05, 3.63) is 48.5 Å². The monoisotopic (exact) mass is 333 g/mol. The summed E-state index contributed by atoms with van der Waals surface area (Å²) in [5.41, 5.74) is 0.931. The van der Waals surface area contributed by atoms with Crippen LogP contribution in [0, 0.1) is 0 Å². The molecule has 0 aliphatic carbocycles. The molecular formula is C18H20ClNO3. The molecule has 0 spiro atoms. The van der Waals surface area contributed by atoms with E-state index in [4.69, 9.17) is 4.74 Å². The van der Waals surface area contributed by atoms with Gasteiger partial charge in [-0.15, -0.1) is 12.4 Å². The number of benzene rings is 2. The second-order valence-corrected chi connectivity index (χ2v) is 5.71. The molecule has 1 aliphatic rings. The number of halogens is 1. The molecule has 1 aliphatic heterocycles. The fourth-order valence-electron chi connectivity index (χ4n) is 3.00. The topological polar surface area (TPSA) is 49.8 Å². The van der Waals surface area contributed by atoms with Crippen molar-refractivity contribution >= 4 is 35.2 Å². The minimum absolute atomic E-state index is 0. The molecule has 5 heteroatoms. The number of ether oxygens (including phenoxy) is 1. The first-order valence-corrected chi connectivity index (χ1v) is 7.33. The second-order valence-electron chi connectivity index (χ2n) is 5.71. The van der Waals surface area contributed by atoms with Gasteiger partial charge < -0.3 is 9.84 Å². The van der Waals surface area contributed by atoms with Gasteiger partial charge in [0.15, 0.2) is 0 Å². The fraction of sp³-hybridized carbons (Fsp3) is 0.278. The van der Waals surface area contributed by atoms with Crippen LogP contribution in [0.25, 0.3) is 16.8 Å². The van der Waals surface area contributed by atoms with Gasteiger partial charge in [0.1, 0.15) is 17.9 Å². The number of aliphatic carboxylic acids is 1. The Bertz CT molecular complexity index is 731. The molecule has 0 bridgehead atoms. The first kappa shape index (κ1) is 17.3. The largest absolute Gasteiger partial charge is 0.488 e. The second kappa shape index (κ2) is 7.02. The first-order chi connectivity index (χ1) is 10.6. The van der Waals surface area contributed by atoms with E-state index in [1.54, 1.807) is 6.08 Å². The maximum absolute atomic E-state index is 11.2. The minimum atomic E-state index is -0.795. The van der Waals surface area contributed by atoms with Gasteiger partial charge in [-0.05, 0) is 30.0 Å². The molecule has 4 nitrogen and oxygen atoms in total. The van der Waals surface area contributed by atoms with Gasteiger partial charge in [-0.2, -0.15) is 0 Å². The standard InChI is InChI=1S/C18H19NO3.ClH/c1-3-12-8-13-6-4-5-7-14(13)9-17(12)22-15-10-16(18(20)21)19(2)11-15;/h3-9,15-16H,1,10-11H2,2H3,(H,20,21);1H/t15-,16+;/m1./s1. The summed E-state index contributed by atoms with van der Waals surface area (Å²) in [6.45, 7) is 4.46. The highest BCUT2D eigenvalue weighted by Gasteiger charge is 2.35. The van der Waals surface area contributed by atoms with Gasteiger partial charge in [-0.25, -0.2) is 0 Å². The van der Waals surface area contributed by atoms with E-state index in [1.165, 1.54) is 0 Å². The summed E-state index contributed by atoms with van der Waals surface area (Å²) in [6.07, 6.45) is 2.15. The quantitative estimate of drug-likeness (QED) is 0.931. The van der Waals surface area contributed by atoms with E-state index in [0.717, 1.165) is 22.1 Å². The molecule has 0 unspecified atom stereocenters. The van der Waals surface area contributed by atoms with Crippen LogP contribution in [0.3, 0.4) is 0 Å². The lowest BCUT2D eigenvalue weighted by Crippen LogP contribution is -2.32. The Morgan fingerprint density at radius 1 is 1.35 bits per heavy atom. The average Bonchev–Trinajstić information content (AvgIpc) is 2.87. The van der Waals surface area contributed by atoms with Gasteiger partial charge >= 0.3 is 5.97 Å². The Balaban J connectivity index is 0.00000192. The lowest BCUT2D eigenvalue weighted by molar-refractivity contribution is -0.141. The van der Waals surface area contributed by atoms with E-state index < -0.39 is 12.0 Å². The Morgan fingerprint density at radius 3 is 2.57 bits per heavy atom. The number of rotatable bonds is 4. The van der Waals surface area contributed by atoms with Gasteiger partial charge in [-0.1, -0.05) is 36.9 Å². The number of hydrogen-bond donors (Lipinski definition) is 1. The van der Waals surface area contributed by atoms with E-state index in [1.807, 2.05) is 42.3 Å². The Labute approximate surface area is 141 Å². The minimum Gasteiger partial charge on any atom is -0.488 e. The van der Waals surface area contributed by atoms with Crippen LogP contribution < -0.4 is 4.74 Å². The number of carboxylic acids is 1. The molecule has 0 aromatic heterocycles. The molecule has 1 N–H and O–H groups in total. The normalized spacial score (nSPS) is 20.9. The number of hydrogen-bond acceptors (Lipinski definition) is 3. The zero-order valence-corrected chi connectivity index (χ0v) is 13.8. The highest BCUT2D eigenvalue weighted by atomic mass is 35.5. The summed E-state index contributed by atoms with van der Waals surface area (Å²) in [4.78, 5) is 13.0. The van der Waals surface area contributed by atoms with Crippen LogP contribution in [-0.2, 0) is 4.79 Å². The number of nitrogens with zero attached hydrogens (tertiary/aromatic N) is 1. The third kappa shape index (κ3) is 3.49. The van der Waals surface area contributed by atoms with Crippen molar-refractivity contribution < 1.29 is 14.6 Å². The number of likely N-dealkylation sites (tertiary alicyclic amines) is 1. The lowest BCUT2D eigenvalue weighted by atomic mass is 10.1. The Morgan fingerprint density at radius 2 is 2.00 bits per heavy atom. The van der Waals surface area contributed by atoms with Crippen LogP contribution in [0.1, 0.15) is 12.0 Å². The molecule has 1 saturated heterocycles. The summed E-state index contributed by atoms with van der Waals surface area (Å²) in [5, 5.41) is 11.4. The maximum Gasteiger partial charge on any atom is 0.321 e. The van der Waals surface area contributed by atoms with Crippen LogP contribution in [-0.4, -0.2) is 41.7 Å². The summed E-state index contributed by atoms with van der Waals surface area (Å²) in [6, 6.07) is 11.7. The van der Waals surface area contributed by atoms with Gasteiger partial charge in [0.25, 0.3) is 0 Å². The molecule has 0 saturated carbocycles. The number of carboxylic acid groups (broad SMARTS) is 1. The number of fused-ring (bicyclic) bond motifs is 1. The van der Waals surface area contributed by atoms with E-state index >= 15 is 0 Å². The van der Waals surface area contributed by atoms with Crippen LogP contribution >= 0.6 is 12.4 Å². The molecule has 2 atom stereocenters. The Hall–Kier alpha value is -2.04. The summed E-state index contributed by atoms with van der Waals surface area (Å²) >= 11 is 0. The number of likely N-dealkylation sites (N-methyl/N-ethyl adjacent to an activating group) is 1. The van der Waals surface area contributed by atoms with Crippen molar-refractivity contribution in [3.8, 4) is 5.75 Å². The average molecular weight is 334 g/mol. The van der Waals surface area contributed by atoms with Crippen LogP contribution in [0.5, 0.6) is 5.75 Å². The van der Waals surface area contributed by atoms with E-state index in [-0.39, 0.29) is 18.5 Å². The third-order valence-corrected chi connectivity index (χ3v) is 4.19. The molecule has 1 heterocycles. The highest BCUT2D eigenvalue weighted by molar-refractivity contribution is 5.87. The zero-order chi connectivity index (χ0) is 15.7. The maximum atomic E-state index is 11.2. The molecule has 0 amide bonds. The lowest BCUT2D eigenvalue weighted by Gasteiger charge is -2.16. The Kier molecular flexibility index (Phi) is 5.29. The summed E-state index contributed by atoms with van der Waals surface area (Å²) < 4.78 is 6.08. The molecule has 2 aromatic rings.